The maximum atomic E-state index is 10.6. The van der Waals surface area contributed by atoms with E-state index in [0.29, 0.717) is 0 Å². The predicted octanol–water partition coefficient (Wildman–Crippen LogP) is 0.984. The van der Waals surface area contributed by atoms with Gasteiger partial charge in [-0.3, -0.25) is 0 Å². The van der Waals surface area contributed by atoms with Crippen LogP contribution in [0.25, 0.3) is 0 Å². The molecule has 0 rings (SSSR count). The summed E-state index contributed by atoms with van der Waals surface area (Å²) in [7, 11) is -3.86. The van der Waals surface area contributed by atoms with Crippen molar-refractivity contribution < 1.29 is 16.8 Å². The molecule has 0 aromatic heterocycles. The van der Waals surface area contributed by atoms with Gasteiger partial charge >= 0.3 is 10.4 Å². The lowest BCUT2D eigenvalue weighted by Gasteiger charge is -1.99. The lowest BCUT2D eigenvalue weighted by molar-refractivity contribution is 0.283. The lowest BCUT2D eigenvalue weighted by atomic mass is 10.7. The standard InChI is InChI=1S/C6H10O4S/c1-3-5-9-11(7,8)10-6-4-2/h3-4,6H,1,5H2,2H3/b6-4-. The topological polar surface area (TPSA) is 52.6 Å². The first-order chi connectivity index (χ1) is 5.12. The molecule has 0 saturated carbocycles. The molecule has 4 nitrogen and oxygen atoms in total. The fourth-order valence-electron chi connectivity index (χ4n) is 0.283. The maximum absolute atomic E-state index is 10.6. The van der Waals surface area contributed by atoms with Crippen LogP contribution >= 0.6 is 0 Å². The highest BCUT2D eigenvalue weighted by molar-refractivity contribution is 7.81. The van der Waals surface area contributed by atoms with Crippen molar-refractivity contribution in [1.29, 1.82) is 0 Å². The molecule has 0 heterocycles. The largest absolute Gasteiger partial charge is 0.448 e. The minimum atomic E-state index is -3.86. The lowest BCUT2D eigenvalue weighted by Crippen LogP contribution is -2.06. The zero-order valence-corrected chi connectivity index (χ0v) is 7.00. The van der Waals surface area contributed by atoms with Crippen LogP contribution in [-0.2, 0) is 18.8 Å². The Balaban J connectivity index is 3.91. The number of hydrogen-bond acceptors (Lipinski definition) is 4. The molecule has 0 N–H and O–H groups in total. The molecule has 0 unspecified atom stereocenters. The minimum Gasteiger partial charge on any atom is -0.370 e. The molecule has 5 heteroatoms. The number of allylic oxidation sites excluding steroid dienone is 1. The van der Waals surface area contributed by atoms with Crippen LogP contribution in [0.15, 0.2) is 25.0 Å². The summed E-state index contributed by atoms with van der Waals surface area (Å²) in [5.74, 6) is 0. The number of rotatable bonds is 5. The Morgan fingerprint density at radius 3 is 2.64 bits per heavy atom. The van der Waals surface area contributed by atoms with Crippen molar-refractivity contribution in [1.82, 2.24) is 0 Å². The molecule has 0 atom stereocenters. The van der Waals surface area contributed by atoms with Gasteiger partial charge in [0.2, 0.25) is 0 Å². The van der Waals surface area contributed by atoms with Crippen LogP contribution in [-0.4, -0.2) is 15.0 Å². The second-order valence-electron chi connectivity index (χ2n) is 1.55. The monoisotopic (exact) mass is 178 g/mol. The zero-order valence-electron chi connectivity index (χ0n) is 6.19. The van der Waals surface area contributed by atoms with E-state index in [1.165, 1.54) is 12.2 Å². The Kier molecular flexibility index (Phi) is 4.56. The average Bonchev–Trinajstić information content (AvgIpc) is 1.97. The molecule has 64 valence electrons. The number of hydrogen-bond donors (Lipinski definition) is 0. The molecule has 0 aromatic carbocycles. The molecule has 0 saturated heterocycles. The Morgan fingerprint density at radius 1 is 1.55 bits per heavy atom. The Hall–Kier alpha value is -0.810. The zero-order chi connectivity index (χ0) is 8.74. The van der Waals surface area contributed by atoms with Crippen molar-refractivity contribution >= 4 is 10.4 Å². The van der Waals surface area contributed by atoms with Crippen LogP contribution in [0, 0.1) is 0 Å². The molecule has 0 aliphatic carbocycles. The van der Waals surface area contributed by atoms with Gasteiger partial charge in [0.1, 0.15) is 6.26 Å². The molecular formula is C6H10O4S. The van der Waals surface area contributed by atoms with Gasteiger partial charge < -0.3 is 4.18 Å². The van der Waals surface area contributed by atoms with E-state index in [9.17, 15) is 8.42 Å². The first-order valence-corrected chi connectivity index (χ1v) is 4.25. The molecule has 0 aliphatic heterocycles. The third-order valence-electron chi connectivity index (χ3n) is 0.640. The highest BCUT2D eigenvalue weighted by atomic mass is 32.3. The van der Waals surface area contributed by atoms with Gasteiger partial charge in [-0.25, -0.2) is 4.18 Å². The van der Waals surface area contributed by atoms with Crippen molar-refractivity contribution in [2.24, 2.45) is 0 Å². The van der Waals surface area contributed by atoms with Gasteiger partial charge in [-0.1, -0.05) is 12.2 Å². The van der Waals surface area contributed by atoms with E-state index < -0.39 is 10.4 Å². The fraction of sp³-hybridized carbons (Fsp3) is 0.333. The smallest absolute Gasteiger partial charge is 0.370 e. The maximum Gasteiger partial charge on any atom is 0.448 e. The quantitative estimate of drug-likeness (QED) is 0.465. The van der Waals surface area contributed by atoms with Crippen molar-refractivity contribution in [3.8, 4) is 0 Å². The second kappa shape index (κ2) is 4.92. The molecule has 11 heavy (non-hydrogen) atoms. The predicted molar refractivity (Wildman–Crippen MR) is 41.0 cm³/mol. The van der Waals surface area contributed by atoms with Gasteiger partial charge in [-0.05, 0) is 6.92 Å². The van der Waals surface area contributed by atoms with E-state index in [1.807, 2.05) is 0 Å². The first-order valence-electron chi connectivity index (χ1n) is 2.92. The SMILES string of the molecule is C=CCOS(=O)(=O)O/C=C\C. The van der Waals surface area contributed by atoms with Crippen molar-refractivity contribution in [3.05, 3.63) is 25.0 Å². The van der Waals surface area contributed by atoms with Crippen LogP contribution in [0.3, 0.4) is 0 Å². The van der Waals surface area contributed by atoms with Gasteiger partial charge in [-0.2, -0.15) is 8.42 Å². The summed E-state index contributed by atoms with van der Waals surface area (Å²) >= 11 is 0. The molecule has 0 radical (unpaired) electrons. The highest BCUT2D eigenvalue weighted by Crippen LogP contribution is 1.95. The van der Waals surface area contributed by atoms with Gasteiger partial charge in [-0.15, -0.1) is 6.58 Å². The Morgan fingerprint density at radius 2 is 2.18 bits per heavy atom. The molecule has 0 spiro atoms. The van der Waals surface area contributed by atoms with E-state index in [4.69, 9.17) is 0 Å². The van der Waals surface area contributed by atoms with Crippen molar-refractivity contribution in [2.75, 3.05) is 6.61 Å². The Labute approximate surface area is 66.5 Å². The molecule has 0 aromatic rings. The summed E-state index contributed by atoms with van der Waals surface area (Å²) < 4.78 is 29.7. The van der Waals surface area contributed by atoms with Crippen LogP contribution in [0.1, 0.15) is 6.92 Å². The van der Waals surface area contributed by atoms with Crippen molar-refractivity contribution in [3.63, 3.8) is 0 Å². The van der Waals surface area contributed by atoms with E-state index in [0.717, 1.165) is 6.26 Å². The summed E-state index contributed by atoms with van der Waals surface area (Å²) in [5, 5.41) is 0. The van der Waals surface area contributed by atoms with E-state index in [-0.39, 0.29) is 6.61 Å². The summed E-state index contributed by atoms with van der Waals surface area (Å²) in [6.45, 7) is 4.83. The van der Waals surface area contributed by atoms with Gasteiger partial charge in [0.05, 0.1) is 6.61 Å². The third-order valence-corrected chi connectivity index (χ3v) is 1.41. The van der Waals surface area contributed by atoms with Gasteiger partial charge in [0.25, 0.3) is 0 Å². The van der Waals surface area contributed by atoms with Crippen LogP contribution in [0.2, 0.25) is 0 Å². The van der Waals surface area contributed by atoms with Crippen molar-refractivity contribution in [2.45, 2.75) is 6.92 Å². The third kappa shape index (κ3) is 5.63. The van der Waals surface area contributed by atoms with Crippen LogP contribution in [0.5, 0.6) is 0 Å². The second-order valence-corrected chi connectivity index (χ2v) is 2.79. The van der Waals surface area contributed by atoms with Gasteiger partial charge in [0.15, 0.2) is 0 Å². The van der Waals surface area contributed by atoms with E-state index >= 15 is 0 Å². The Bertz CT molecular complexity index is 227. The van der Waals surface area contributed by atoms with E-state index in [1.54, 1.807) is 6.92 Å². The summed E-state index contributed by atoms with van der Waals surface area (Å²) in [6, 6.07) is 0. The first kappa shape index (κ1) is 10.2. The molecule has 0 fully saturated rings. The molecule has 0 bridgehead atoms. The minimum absolute atomic E-state index is 0.0834. The molecule has 0 amide bonds. The summed E-state index contributed by atoms with van der Waals surface area (Å²) in [6.07, 6.45) is 3.78. The van der Waals surface area contributed by atoms with Gasteiger partial charge in [0, 0.05) is 0 Å². The fourth-order valence-corrected chi connectivity index (χ4v) is 0.848. The van der Waals surface area contributed by atoms with Crippen LogP contribution in [0.4, 0.5) is 0 Å². The summed E-state index contributed by atoms with van der Waals surface area (Å²) in [5.41, 5.74) is 0. The molecular weight excluding hydrogens is 168 g/mol. The normalized spacial score (nSPS) is 11.7. The van der Waals surface area contributed by atoms with Crippen LogP contribution < -0.4 is 0 Å². The van der Waals surface area contributed by atoms with E-state index in [2.05, 4.69) is 14.9 Å². The molecule has 0 aliphatic rings. The summed E-state index contributed by atoms with van der Waals surface area (Å²) in [4.78, 5) is 0. The highest BCUT2D eigenvalue weighted by Gasteiger charge is 2.07. The average molecular weight is 178 g/mol.